The van der Waals surface area contributed by atoms with Gasteiger partial charge in [0.25, 0.3) is 0 Å². The molecule has 0 aliphatic carbocycles. The number of aliphatic hydroxyl groups is 1. The highest BCUT2D eigenvalue weighted by atomic mass is 16.3. The number of carbonyl (C=O) groups excluding carboxylic acids is 1. The summed E-state index contributed by atoms with van der Waals surface area (Å²) < 4.78 is 0. The number of rotatable bonds is 12. The summed E-state index contributed by atoms with van der Waals surface area (Å²) in [5.41, 5.74) is 8.91. The van der Waals surface area contributed by atoms with Crippen LogP contribution in [0.15, 0.2) is 54.7 Å². The molecule has 0 atom stereocenters. The van der Waals surface area contributed by atoms with E-state index in [0.29, 0.717) is 6.42 Å². The fourth-order valence-corrected chi connectivity index (χ4v) is 5.75. The van der Waals surface area contributed by atoms with E-state index in [1.54, 1.807) is 13.1 Å². The summed E-state index contributed by atoms with van der Waals surface area (Å²) in [4.78, 5) is 16.2. The first kappa shape index (κ1) is 28.8. The van der Waals surface area contributed by atoms with E-state index in [1.165, 1.54) is 27.8 Å². The van der Waals surface area contributed by atoms with Gasteiger partial charge in [0.05, 0.1) is 11.3 Å². The molecule has 0 aliphatic heterocycles. The third-order valence-corrected chi connectivity index (χ3v) is 8.61. The molecule has 3 heteroatoms. The van der Waals surface area contributed by atoms with E-state index in [2.05, 4.69) is 82.9 Å². The number of pyridine rings is 1. The predicted octanol–water partition coefficient (Wildman–Crippen LogP) is 8.09. The van der Waals surface area contributed by atoms with Crippen LogP contribution in [0, 0.1) is 13.8 Å². The Kier molecular flexibility index (Phi) is 9.47. The molecule has 0 bridgehead atoms. The zero-order chi connectivity index (χ0) is 27.2. The van der Waals surface area contributed by atoms with Gasteiger partial charge >= 0.3 is 0 Å². The Morgan fingerprint density at radius 1 is 0.838 bits per heavy atom. The lowest BCUT2D eigenvalue weighted by Crippen LogP contribution is -2.28. The average molecular weight is 500 g/mol. The molecule has 0 fully saturated rings. The van der Waals surface area contributed by atoms with Crippen molar-refractivity contribution in [2.45, 2.75) is 104 Å². The Hall–Kier alpha value is -2.78. The fraction of sp³-hybridized carbons (Fsp3) is 0.471. The molecule has 3 nitrogen and oxygen atoms in total. The maximum Gasteiger partial charge on any atom is 0.134 e. The smallest absolute Gasteiger partial charge is 0.134 e. The van der Waals surface area contributed by atoms with Crippen molar-refractivity contribution in [3.63, 3.8) is 0 Å². The number of hydrogen-bond acceptors (Lipinski definition) is 3. The van der Waals surface area contributed by atoms with Gasteiger partial charge in [-0.25, -0.2) is 0 Å². The molecule has 2 aromatic carbocycles. The molecule has 1 aromatic heterocycles. The monoisotopic (exact) mass is 499 g/mol. The molecular formula is C34H45NO2. The molecule has 0 aliphatic rings. The van der Waals surface area contributed by atoms with Crippen LogP contribution in [0.25, 0.3) is 11.3 Å². The number of aryl methyl sites for hydroxylation is 3. The van der Waals surface area contributed by atoms with Crippen molar-refractivity contribution in [3.8, 4) is 11.3 Å². The van der Waals surface area contributed by atoms with Crippen LogP contribution in [-0.4, -0.2) is 21.5 Å². The quantitative estimate of drug-likeness (QED) is 0.274. The molecule has 0 radical (unpaired) electrons. The summed E-state index contributed by atoms with van der Waals surface area (Å²) in [6.45, 7) is 14.7. The van der Waals surface area contributed by atoms with E-state index in [1.807, 2.05) is 12.1 Å². The molecule has 3 rings (SSSR count). The van der Waals surface area contributed by atoms with E-state index in [-0.39, 0.29) is 11.2 Å². The van der Waals surface area contributed by atoms with Crippen molar-refractivity contribution in [3.05, 3.63) is 88.1 Å². The van der Waals surface area contributed by atoms with Gasteiger partial charge in [-0.1, -0.05) is 64.1 Å². The normalized spacial score (nSPS) is 12.1. The van der Waals surface area contributed by atoms with Crippen molar-refractivity contribution in [1.82, 2.24) is 4.98 Å². The van der Waals surface area contributed by atoms with Gasteiger partial charge in [-0.2, -0.15) is 0 Å². The highest BCUT2D eigenvalue weighted by Crippen LogP contribution is 2.41. The Balaban J connectivity index is 1.95. The molecule has 1 heterocycles. The van der Waals surface area contributed by atoms with Crippen molar-refractivity contribution < 1.29 is 9.90 Å². The van der Waals surface area contributed by atoms with Crippen molar-refractivity contribution >= 4 is 5.78 Å². The number of nitrogens with zero attached hydrogens (tertiary/aromatic N) is 1. The summed E-state index contributed by atoms with van der Waals surface area (Å²) in [5, 5.41) is 10.8. The molecule has 0 amide bonds. The summed E-state index contributed by atoms with van der Waals surface area (Å²) in [6.07, 6.45) is 7.55. The lowest BCUT2D eigenvalue weighted by Gasteiger charge is -2.34. The first-order valence-electron chi connectivity index (χ1n) is 14.0. The lowest BCUT2D eigenvalue weighted by atomic mass is 9.69. The van der Waals surface area contributed by atoms with Gasteiger partial charge in [-0.15, -0.1) is 0 Å². The van der Waals surface area contributed by atoms with E-state index >= 15 is 0 Å². The minimum atomic E-state index is -0.568. The number of hydrogen-bond donors (Lipinski definition) is 1. The molecule has 0 saturated heterocycles. The molecule has 3 aromatic rings. The van der Waals surface area contributed by atoms with Crippen LogP contribution in [0.4, 0.5) is 0 Å². The highest BCUT2D eigenvalue weighted by Gasteiger charge is 2.31. The topological polar surface area (TPSA) is 50.2 Å². The van der Waals surface area contributed by atoms with E-state index in [4.69, 9.17) is 0 Å². The number of carbonyl (C=O) groups is 1. The van der Waals surface area contributed by atoms with E-state index in [0.717, 1.165) is 55.3 Å². The fourth-order valence-electron chi connectivity index (χ4n) is 5.75. The van der Waals surface area contributed by atoms with Crippen molar-refractivity contribution in [1.29, 1.82) is 0 Å². The number of Topliss-reactive ketones (excluding diaryl/α,β-unsaturated/α-hetero) is 1. The molecule has 0 spiro atoms. The van der Waals surface area contributed by atoms with Crippen molar-refractivity contribution in [2.75, 3.05) is 0 Å². The lowest BCUT2D eigenvalue weighted by molar-refractivity contribution is -0.116. The maximum absolute atomic E-state index is 11.6. The maximum atomic E-state index is 11.6. The standard InChI is InChI=1S/C34H45NO2/c1-8-33(37,9-2)18-16-28-12-13-29(20-24(28)5)34(10-3,11-4)30-14-15-31(25(6)21-30)32-23-27(17-19-35-32)22-26(7)36/h12-15,17,19-21,23,37H,8-11,16,18,22H2,1-7H3. The second-order valence-corrected chi connectivity index (χ2v) is 10.8. The van der Waals surface area contributed by atoms with E-state index < -0.39 is 5.60 Å². The van der Waals surface area contributed by atoms with Gasteiger partial charge in [0.15, 0.2) is 0 Å². The zero-order valence-electron chi connectivity index (χ0n) is 23.9. The largest absolute Gasteiger partial charge is 0.390 e. The third-order valence-electron chi connectivity index (χ3n) is 8.61. The zero-order valence-corrected chi connectivity index (χ0v) is 23.9. The van der Waals surface area contributed by atoms with Crippen LogP contribution < -0.4 is 0 Å². The minimum absolute atomic E-state index is 0.0654. The van der Waals surface area contributed by atoms with Crippen LogP contribution in [0.5, 0.6) is 0 Å². The second-order valence-electron chi connectivity index (χ2n) is 10.8. The van der Waals surface area contributed by atoms with E-state index in [9.17, 15) is 9.90 Å². The van der Waals surface area contributed by atoms with Crippen molar-refractivity contribution in [2.24, 2.45) is 0 Å². The Morgan fingerprint density at radius 3 is 2.00 bits per heavy atom. The van der Waals surface area contributed by atoms with Crippen LogP contribution in [0.1, 0.15) is 100 Å². The molecule has 37 heavy (non-hydrogen) atoms. The number of ketones is 1. The van der Waals surface area contributed by atoms with Gasteiger partial charge in [0.1, 0.15) is 5.78 Å². The second kappa shape index (κ2) is 12.2. The van der Waals surface area contributed by atoms with Crippen LogP contribution in [0.3, 0.4) is 0 Å². The molecular weight excluding hydrogens is 454 g/mol. The first-order valence-corrected chi connectivity index (χ1v) is 14.0. The molecule has 0 saturated carbocycles. The summed E-state index contributed by atoms with van der Waals surface area (Å²) >= 11 is 0. The number of aromatic nitrogens is 1. The Labute approximate surface area is 224 Å². The Bertz CT molecular complexity index is 1220. The average Bonchev–Trinajstić information content (AvgIpc) is 2.89. The minimum Gasteiger partial charge on any atom is -0.390 e. The van der Waals surface area contributed by atoms with Gasteiger partial charge in [0, 0.05) is 23.6 Å². The third kappa shape index (κ3) is 6.38. The summed E-state index contributed by atoms with van der Waals surface area (Å²) in [7, 11) is 0. The van der Waals surface area contributed by atoms with Gasteiger partial charge in [-0.05, 0) is 105 Å². The van der Waals surface area contributed by atoms with Crippen LogP contribution in [-0.2, 0) is 23.1 Å². The Morgan fingerprint density at radius 2 is 1.46 bits per heavy atom. The first-order chi connectivity index (χ1) is 17.6. The van der Waals surface area contributed by atoms with Gasteiger partial charge in [0.2, 0.25) is 0 Å². The SMILES string of the molecule is CCC(O)(CC)CCc1ccc(C(CC)(CC)c2ccc(-c3cc(CC(C)=O)ccn3)c(C)c2)cc1C. The predicted molar refractivity (Wildman–Crippen MR) is 155 cm³/mol. The molecule has 0 unspecified atom stereocenters. The summed E-state index contributed by atoms with van der Waals surface area (Å²) in [6, 6.07) is 17.7. The van der Waals surface area contributed by atoms with Crippen LogP contribution >= 0.6 is 0 Å². The molecule has 1 N–H and O–H groups in total. The number of benzene rings is 2. The highest BCUT2D eigenvalue weighted by molar-refractivity contribution is 5.78. The van der Waals surface area contributed by atoms with Gasteiger partial charge in [-0.3, -0.25) is 9.78 Å². The summed E-state index contributed by atoms with van der Waals surface area (Å²) in [5.74, 6) is 0.160. The molecule has 198 valence electrons. The van der Waals surface area contributed by atoms with Crippen LogP contribution in [0.2, 0.25) is 0 Å². The van der Waals surface area contributed by atoms with Gasteiger partial charge < -0.3 is 5.11 Å².